The molecule has 2 heterocycles. The van der Waals surface area contributed by atoms with Crippen molar-refractivity contribution in [3.8, 4) is 11.8 Å². The summed E-state index contributed by atoms with van der Waals surface area (Å²) in [6.07, 6.45) is 0.466. The first-order valence-electron chi connectivity index (χ1n) is 7.06. The number of carbonyl (C=O) groups excluding carboxylic acids is 1. The van der Waals surface area contributed by atoms with Gasteiger partial charge in [-0.1, -0.05) is 11.8 Å². The third-order valence-corrected chi connectivity index (χ3v) is 4.92. The molecule has 6 heteroatoms. The van der Waals surface area contributed by atoms with Crippen molar-refractivity contribution in [2.45, 2.75) is 6.42 Å². The maximum absolute atomic E-state index is 12.0. The van der Waals surface area contributed by atoms with Gasteiger partial charge in [-0.2, -0.15) is 11.8 Å². The molecule has 0 aromatic carbocycles. The van der Waals surface area contributed by atoms with Crippen LogP contribution in [0.5, 0.6) is 0 Å². The van der Waals surface area contributed by atoms with Crippen molar-refractivity contribution < 1.29 is 9.90 Å². The smallest absolute Gasteiger partial charge is 0.252 e. The Morgan fingerprint density at radius 3 is 3.00 bits per heavy atom. The number of rotatable bonds is 5. The molecular weight excluding hydrogens is 304 g/mol. The Morgan fingerprint density at radius 1 is 1.43 bits per heavy atom. The lowest BCUT2D eigenvalue weighted by molar-refractivity contribution is 0.0949. The number of aliphatic hydroxyl groups excluding tert-OH is 1. The van der Waals surface area contributed by atoms with Crippen molar-refractivity contribution >= 4 is 29.0 Å². The van der Waals surface area contributed by atoms with Crippen molar-refractivity contribution in [1.29, 1.82) is 0 Å². The van der Waals surface area contributed by atoms with Gasteiger partial charge in [0.25, 0.3) is 5.91 Å². The summed E-state index contributed by atoms with van der Waals surface area (Å²) in [6, 6.07) is 1.81. The van der Waals surface area contributed by atoms with E-state index < -0.39 is 0 Å². The summed E-state index contributed by atoms with van der Waals surface area (Å²) in [7, 11) is 0. The number of hydrogen-bond donors (Lipinski definition) is 2. The van der Waals surface area contributed by atoms with E-state index >= 15 is 0 Å². The Bertz CT molecular complexity index is 513. The standard InChI is InChI=1S/C15H20N2O2S2/c18-8-2-1-3-14-11-13(12-21-14)15(19)16-4-5-17-6-9-20-10-7-17/h11-12,18H,2,4-10H2,(H,16,19). The maximum atomic E-state index is 12.0. The van der Waals surface area contributed by atoms with Crippen molar-refractivity contribution in [2.24, 2.45) is 0 Å². The lowest BCUT2D eigenvalue weighted by atomic mass is 10.3. The Labute approximate surface area is 133 Å². The minimum absolute atomic E-state index is 0.0344. The van der Waals surface area contributed by atoms with Gasteiger partial charge in [0.15, 0.2) is 0 Å². The molecule has 0 unspecified atom stereocenters. The quantitative estimate of drug-likeness (QED) is 0.801. The molecule has 1 amide bonds. The second-order valence-electron chi connectivity index (χ2n) is 4.68. The van der Waals surface area contributed by atoms with Crippen LogP contribution >= 0.6 is 23.1 Å². The fourth-order valence-electron chi connectivity index (χ4n) is 1.98. The van der Waals surface area contributed by atoms with E-state index in [-0.39, 0.29) is 12.5 Å². The van der Waals surface area contributed by atoms with Gasteiger partial charge >= 0.3 is 0 Å². The number of amides is 1. The van der Waals surface area contributed by atoms with Gasteiger partial charge in [0.05, 0.1) is 17.0 Å². The van der Waals surface area contributed by atoms with Gasteiger partial charge in [0.1, 0.15) is 0 Å². The average Bonchev–Trinajstić information content (AvgIpc) is 2.97. The Balaban J connectivity index is 1.74. The number of nitrogens with zero attached hydrogens (tertiary/aromatic N) is 1. The lowest BCUT2D eigenvalue weighted by Gasteiger charge is -2.25. The lowest BCUT2D eigenvalue weighted by Crippen LogP contribution is -2.39. The molecule has 1 aromatic heterocycles. The molecule has 4 nitrogen and oxygen atoms in total. The molecule has 2 N–H and O–H groups in total. The number of thioether (sulfide) groups is 1. The molecular formula is C15H20N2O2S2. The molecule has 0 aliphatic carbocycles. The van der Waals surface area contributed by atoms with E-state index in [1.807, 2.05) is 23.2 Å². The predicted octanol–water partition coefficient (Wildman–Crippen LogP) is 1.26. The summed E-state index contributed by atoms with van der Waals surface area (Å²) in [5, 5.41) is 13.5. The highest BCUT2D eigenvalue weighted by molar-refractivity contribution is 7.99. The van der Waals surface area contributed by atoms with Gasteiger partial charge in [-0.05, 0) is 6.07 Å². The third-order valence-electron chi connectivity index (χ3n) is 3.13. The van der Waals surface area contributed by atoms with Crippen LogP contribution in [0.15, 0.2) is 11.4 Å². The fraction of sp³-hybridized carbons (Fsp3) is 0.533. The van der Waals surface area contributed by atoms with Crippen molar-refractivity contribution in [3.63, 3.8) is 0 Å². The minimum atomic E-state index is -0.0344. The van der Waals surface area contributed by atoms with Crippen LogP contribution in [0.1, 0.15) is 21.7 Å². The number of hydrogen-bond acceptors (Lipinski definition) is 5. The van der Waals surface area contributed by atoms with Crippen LogP contribution in [0.2, 0.25) is 0 Å². The highest BCUT2D eigenvalue weighted by atomic mass is 32.2. The van der Waals surface area contributed by atoms with Gasteiger partial charge in [0.2, 0.25) is 0 Å². The molecule has 1 aliphatic heterocycles. The summed E-state index contributed by atoms with van der Waals surface area (Å²) in [5.74, 6) is 8.15. The molecule has 114 valence electrons. The largest absolute Gasteiger partial charge is 0.395 e. The minimum Gasteiger partial charge on any atom is -0.395 e. The molecule has 0 spiro atoms. The second kappa shape index (κ2) is 9.11. The van der Waals surface area contributed by atoms with Gasteiger partial charge in [-0.25, -0.2) is 0 Å². The molecule has 1 aliphatic rings. The summed E-state index contributed by atoms with van der Waals surface area (Å²) in [6.45, 7) is 3.90. The summed E-state index contributed by atoms with van der Waals surface area (Å²) < 4.78 is 0. The van der Waals surface area contributed by atoms with Crippen LogP contribution in [0, 0.1) is 11.8 Å². The zero-order valence-electron chi connectivity index (χ0n) is 11.9. The fourth-order valence-corrected chi connectivity index (χ4v) is 3.71. The van der Waals surface area contributed by atoms with Gasteiger partial charge in [-0.15, -0.1) is 11.3 Å². The van der Waals surface area contributed by atoms with Crippen LogP contribution in [-0.4, -0.2) is 60.2 Å². The first-order valence-corrected chi connectivity index (χ1v) is 9.09. The van der Waals surface area contributed by atoms with Gasteiger partial charge in [-0.3, -0.25) is 9.69 Å². The van der Waals surface area contributed by atoms with Crippen LogP contribution in [0.25, 0.3) is 0 Å². The Hall–Kier alpha value is -1.00. The normalized spacial score (nSPS) is 15.3. The molecule has 1 saturated heterocycles. The molecule has 1 fully saturated rings. The monoisotopic (exact) mass is 324 g/mol. The van der Waals surface area contributed by atoms with E-state index in [1.54, 1.807) is 0 Å². The average molecular weight is 324 g/mol. The van der Waals surface area contributed by atoms with E-state index in [4.69, 9.17) is 5.11 Å². The maximum Gasteiger partial charge on any atom is 0.252 e. The van der Waals surface area contributed by atoms with Crippen LogP contribution in [-0.2, 0) is 0 Å². The predicted molar refractivity (Wildman–Crippen MR) is 89.0 cm³/mol. The van der Waals surface area contributed by atoms with Gasteiger partial charge in [0, 0.05) is 49.5 Å². The molecule has 0 saturated carbocycles. The highest BCUT2D eigenvalue weighted by Gasteiger charge is 2.11. The van der Waals surface area contributed by atoms with Crippen molar-refractivity contribution in [3.05, 3.63) is 21.9 Å². The SMILES string of the molecule is O=C(NCCN1CCSCC1)c1csc(C#CCCO)c1. The molecule has 2 rings (SSSR count). The summed E-state index contributed by atoms with van der Waals surface area (Å²) >= 11 is 3.45. The van der Waals surface area contributed by atoms with E-state index in [2.05, 4.69) is 22.1 Å². The topological polar surface area (TPSA) is 52.6 Å². The van der Waals surface area contributed by atoms with Crippen LogP contribution in [0.3, 0.4) is 0 Å². The Kier molecular flexibility index (Phi) is 7.10. The number of thiophene rings is 1. The number of carbonyl (C=O) groups is 1. The van der Waals surface area contributed by atoms with E-state index in [1.165, 1.54) is 22.8 Å². The van der Waals surface area contributed by atoms with E-state index in [0.29, 0.717) is 18.5 Å². The summed E-state index contributed by atoms with van der Waals surface area (Å²) in [4.78, 5) is 15.3. The molecule has 1 aromatic rings. The van der Waals surface area contributed by atoms with Crippen LogP contribution in [0.4, 0.5) is 0 Å². The third kappa shape index (κ3) is 5.71. The van der Waals surface area contributed by atoms with E-state index in [0.717, 1.165) is 24.5 Å². The van der Waals surface area contributed by atoms with E-state index in [9.17, 15) is 4.79 Å². The molecule has 21 heavy (non-hydrogen) atoms. The first-order chi connectivity index (χ1) is 10.3. The number of aliphatic hydroxyl groups is 1. The van der Waals surface area contributed by atoms with Gasteiger partial charge < -0.3 is 10.4 Å². The summed E-state index contributed by atoms with van der Waals surface area (Å²) in [5.41, 5.74) is 0.669. The number of nitrogens with one attached hydrogen (secondary N) is 1. The Morgan fingerprint density at radius 2 is 2.24 bits per heavy atom. The van der Waals surface area contributed by atoms with Crippen molar-refractivity contribution in [1.82, 2.24) is 10.2 Å². The molecule has 0 bridgehead atoms. The first kappa shape index (κ1) is 16.4. The highest BCUT2D eigenvalue weighted by Crippen LogP contribution is 2.13. The molecule has 0 radical (unpaired) electrons. The van der Waals surface area contributed by atoms with Crippen molar-refractivity contribution in [2.75, 3.05) is 44.3 Å². The zero-order chi connectivity index (χ0) is 14.9. The zero-order valence-corrected chi connectivity index (χ0v) is 13.6. The van der Waals surface area contributed by atoms with Crippen LogP contribution < -0.4 is 5.32 Å². The molecule has 0 atom stereocenters. The second-order valence-corrected chi connectivity index (χ2v) is 6.82.